The van der Waals surface area contributed by atoms with E-state index in [4.69, 9.17) is 20.9 Å². The van der Waals surface area contributed by atoms with Crippen molar-refractivity contribution in [1.82, 2.24) is 9.46 Å². The summed E-state index contributed by atoms with van der Waals surface area (Å²) >= 11 is 6.14. The van der Waals surface area contributed by atoms with E-state index in [-0.39, 0.29) is 26.9 Å². The van der Waals surface area contributed by atoms with E-state index < -0.39 is 28.5 Å². The first kappa shape index (κ1) is 23.2. The Morgan fingerprint density at radius 1 is 1.19 bits per heavy atom. The number of nitrogens with zero attached hydrogens (tertiary/aromatic N) is 2. The number of sulfonamides is 1. The average Bonchev–Trinajstić information content (AvgIpc) is 2.92. The monoisotopic (exact) mass is 469 g/mol. The van der Waals surface area contributed by atoms with Crippen molar-refractivity contribution in [3.8, 4) is 0 Å². The van der Waals surface area contributed by atoms with Crippen LogP contribution in [-0.2, 0) is 19.6 Å². The molecular weight excluding hydrogens is 446 g/mol. The highest BCUT2D eigenvalue weighted by Gasteiger charge is 2.26. The lowest BCUT2D eigenvalue weighted by Crippen LogP contribution is -2.32. The number of carbonyl (C=O) groups is 2. The van der Waals surface area contributed by atoms with Gasteiger partial charge in [-0.1, -0.05) is 29.6 Å². The van der Waals surface area contributed by atoms with Crippen molar-refractivity contribution in [3.05, 3.63) is 40.2 Å². The van der Waals surface area contributed by atoms with Gasteiger partial charge in [-0.15, -0.1) is 0 Å². The maximum absolute atomic E-state index is 13.0. The summed E-state index contributed by atoms with van der Waals surface area (Å²) in [6.45, 7) is 3.49. The molecule has 1 N–H and O–H groups in total. The third kappa shape index (κ3) is 5.44. The molecule has 1 aromatic carbocycles. The normalized spacial score (nSPS) is 15.3. The summed E-state index contributed by atoms with van der Waals surface area (Å²) in [5.74, 6) is -1.11. The van der Waals surface area contributed by atoms with E-state index in [1.807, 2.05) is 0 Å². The molecule has 3 rings (SSSR count). The van der Waals surface area contributed by atoms with Crippen molar-refractivity contribution in [2.24, 2.45) is 0 Å². The lowest BCUT2D eigenvalue weighted by atomic mass is 10.2. The van der Waals surface area contributed by atoms with E-state index in [0.29, 0.717) is 18.8 Å². The highest BCUT2D eigenvalue weighted by Crippen LogP contribution is 2.28. The molecule has 0 saturated carbocycles. The number of aryl methyl sites for hydroxylation is 2. The Hall–Kier alpha value is -2.43. The van der Waals surface area contributed by atoms with E-state index in [0.717, 1.165) is 25.7 Å². The molecular formula is C20H24ClN3O6S. The SMILES string of the molecule is Cc1noc(C)c1C(=O)OCC(=O)Nc1cc(S(=O)(=O)N2CCCCCC2)ccc1Cl. The average molecular weight is 470 g/mol. The van der Waals surface area contributed by atoms with Gasteiger partial charge in [0.1, 0.15) is 11.3 Å². The third-order valence-corrected chi connectivity index (χ3v) is 7.21. The molecule has 0 spiro atoms. The second-order valence-corrected chi connectivity index (χ2v) is 9.63. The van der Waals surface area contributed by atoms with Gasteiger partial charge in [0.15, 0.2) is 6.61 Å². The molecule has 9 nitrogen and oxygen atoms in total. The Kier molecular flexibility index (Phi) is 7.34. The van der Waals surface area contributed by atoms with Gasteiger partial charge in [-0.2, -0.15) is 4.31 Å². The number of carbonyl (C=O) groups excluding carboxylic acids is 2. The van der Waals surface area contributed by atoms with Crippen LogP contribution in [0.3, 0.4) is 0 Å². The largest absolute Gasteiger partial charge is 0.452 e. The lowest BCUT2D eigenvalue weighted by molar-refractivity contribution is -0.119. The molecule has 1 aliphatic heterocycles. The topological polar surface area (TPSA) is 119 Å². The fraction of sp³-hybridized carbons (Fsp3) is 0.450. The molecule has 11 heteroatoms. The Bertz CT molecular complexity index is 1060. The summed E-state index contributed by atoms with van der Waals surface area (Å²) < 4.78 is 37.3. The minimum Gasteiger partial charge on any atom is -0.452 e. The van der Waals surface area contributed by atoms with Gasteiger partial charge in [-0.3, -0.25) is 4.79 Å². The first-order valence-corrected chi connectivity index (χ1v) is 11.7. The highest BCUT2D eigenvalue weighted by atomic mass is 35.5. The molecule has 1 amide bonds. The second-order valence-electron chi connectivity index (χ2n) is 7.28. The fourth-order valence-corrected chi connectivity index (χ4v) is 5.06. The zero-order valence-corrected chi connectivity index (χ0v) is 18.9. The number of halogens is 1. The summed E-state index contributed by atoms with van der Waals surface area (Å²) in [6.07, 6.45) is 3.63. The molecule has 0 radical (unpaired) electrons. The minimum atomic E-state index is -3.70. The highest BCUT2D eigenvalue weighted by molar-refractivity contribution is 7.89. The molecule has 168 valence electrons. The van der Waals surface area contributed by atoms with Crippen LogP contribution in [-0.4, -0.2) is 49.5 Å². The first-order chi connectivity index (χ1) is 14.7. The zero-order valence-electron chi connectivity index (χ0n) is 17.3. The number of anilines is 1. The van der Waals surface area contributed by atoms with Crippen LogP contribution < -0.4 is 5.32 Å². The van der Waals surface area contributed by atoms with Crippen molar-refractivity contribution in [2.75, 3.05) is 25.0 Å². The fourth-order valence-electron chi connectivity index (χ4n) is 3.36. The number of esters is 1. The lowest BCUT2D eigenvalue weighted by Gasteiger charge is -2.20. The summed E-state index contributed by atoms with van der Waals surface area (Å²) in [5.41, 5.74) is 0.643. The van der Waals surface area contributed by atoms with Gasteiger partial charge in [0, 0.05) is 13.1 Å². The number of rotatable bonds is 6. The van der Waals surface area contributed by atoms with E-state index in [1.54, 1.807) is 13.8 Å². The van der Waals surface area contributed by atoms with Crippen molar-refractivity contribution in [2.45, 2.75) is 44.4 Å². The summed E-state index contributed by atoms with van der Waals surface area (Å²) in [4.78, 5) is 24.5. The molecule has 0 bridgehead atoms. The van der Waals surface area contributed by atoms with Crippen molar-refractivity contribution < 1.29 is 27.3 Å². The van der Waals surface area contributed by atoms with Crippen LogP contribution in [0.25, 0.3) is 0 Å². The van der Waals surface area contributed by atoms with Gasteiger partial charge in [0.2, 0.25) is 10.0 Å². The number of nitrogens with one attached hydrogen (secondary N) is 1. The number of hydrogen-bond acceptors (Lipinski definition) is 7. The van der Waals surface area contributed by atoms with Crippen molar-refractivity contribution in [1.29, 1.82) is 0 Å². The van der Waals surface area contributed by atoms with Crippen LogP contribution in [0.15, 0.2) is 27.6 Å². The number of aromatic nitrogens is 1. The summed E-state index contributed by atoms with van der Waals surface area (Å²) in [5, 5.41) is 6.33. The quantitative estimate of drug-likeness (QED) is 0.644. The van der Waals surface area contributed by atoms with Crippen molar-refractivity contribution >= 4 is 39.2 Å². The van der Waals surface area contributed by atoms with E-state index in [2.05, 4.69) is 10.5 Å². The first-order valence-electron chi connectivity index (χ1n) is 9.89. The number of amides is 1. The third-order valence-electron chi connectivity index (χ3n) is 4.99. The standard InChI is InChI=1S/C20H24ClN3O6S/c1-13-19(14(2)30-23-13)20(26)29-12-18(25)22-17-11-15(7-8-16(17)21)31(27,28)24-9-5-3-4-6-10-24/h7-8,11H,3-6,9-10,12H2,1-2H3,(H,22,25). The Labute approximate surface area is 185 Å². The summed E-state index contributed by atoms with van der Waals surface area (Å²) in [7, 11) is -3.70. The van der Waals surface area contributed by atoms with Gasteiger partial charge >= 0.3 is 5.97 Å². The number of benzene rings is 1. The van der Waals surface area contributed by atoms with Crippen LogP contribution in [0, 0.1) is 13.8 Å². The molecule has 31 heavy (non-hydrogen) atoms. The predicted molar refractivity (Wildman–Crippen MR) is 114 cm³/mol. The maximum atomic E-state index is 13.0. The Morgan fingerprint density at radius 3 is 2.48 bits per heavy atom. The number of hydrogen-bond donors (Lipinski definition) is 1. The van der Waals surface area contributed by atoms with Crippen LogP contribution in [0.1, 0.15) is 47.5 Å². The van der Waals surface area contributed by atoms with E-state index in [1.165, 1.54) is 22.5 Å². The van der Waals surface area contributed by atoms with Crippen molar-refractivity contribution in [3.63, 3.8) is 0 Å². The van der Waals surface area contributed by atoms with E-state index in [9.17, 15) is 18.0 Å². The molecule has 2 aromatic rings. The molecule has 1 fully saturated rings. The molecule has 0 atom stereocenters. The van der Waals surface area contributed by atoms with Crippen LogP contribution in [0.5, 0.6) is 0 Å². The van der Waals surface area contributed by atoms with Gasteiger partial charge in [-0.05, 0) is 44.9 Å². The van der Waals surface area contributed by atoms with Gasteiger partial charge in [0.05, 0.1) is 21.3 Å². The molecule has 0 aliphatic carbocycles. The van der Waals surface area contributed by atoms with Crippen LogP contribution >= 0.6 is 11.6 Å². The molecule has 2 heterocycles. The molecule has 1 aliphatic rings. The Morgan fingerprint density at radius 2 is 1.87 bits per heavy atom. The van der Waals surface area contributed by atoms with Crippen LogP contribution in [0.4, 0.5) is 5.69 Å². The number of ether oxygens (including phenoxy) is 1. The van der Waals surface area contributed by atoms with Gasteiger partial charge in [0.25, 0.3) is 5.91 Å². The predicted octanol–water partition coefficient (Wildman–Crippen LogP) is 3.31. The Balaban J connectivity index is 1.69. The van der Waals surface area contributed by atoms with Gasteiger partial charge < -0.3 is 14.6 Å². The molecule has 0 unspecified atom stereocenters. The van der Waals surface area contributed by atoms with Gasteiger partial charge in [-0.25, -0.2) is 13.2 Å². The van der Waals surface area contributed by atoms with Crippen LogP contribution in [0.2, 0.25) is 5.02 Å². The summed E-state index contributed by atoms with van der Waals surface area (Å²) in [6, 6.07) is 4.14. The smallest absolute Gasteiger partial charge is 0.344 e. The van der Waals surface area contributed by atoms with E-state index >= 15 is 0 Å². The molecule has 1 aromatic heterocycles. The second kappa shape index (κ2) is 9.80. The molecule has 1 saturated heterocycles. The minimum absolute atomic E-state index is 0.0433. The maximum Gasteiger partial charge on any atom is 0.344 e. The zero-order chi connectivity index (χ0) is 22.6.